The van der Waals surface area contributed by atoms with E-state index in [9.17, 15) is 4.79 Å². The molecule has 2 aliphatic heterocycles. The van der Waals surface area contributed by atoms with Crippen molar-refractivity contribution < 1.29 is 9.53 Å². The predicted octanol–water partition coefficient (Wildman–Crippen LogP) is -0.567. The highest BCUT2D eigenvalue weighted by Crippen LogP contribution is 2.30. The second-order valence-electron chi connectivity index (χ2n) is 5.32. The van der Waals surface area contributed by atoms with Crippen LogP contribution in [0.2, 0.25) is 0 Å². The molecule has 0 bridgehead atoms. The third-order valence-electron chi connectivity index (χ3n) is 3.79. The summed E-state index contributed by atoms with van der Waals surface area (Å²) in [6, 6.07) is 0. The first kappa shape index (κ1) is 12.8. The first-order valence-corrected chi connectivity index (χ1v) is 6.41. The van der Waals surface area contributed by atoms with E-state index in [-0.39, 0.29) is 17.4 Å². The fourth-order valence-electron chi connectivity index (χ4n) is 2.72. The molecular formula is C12H23N3O2. The Hall–Kier alpha value is -0.650. The molecule has 0 spiro atoms. The van der Waals surface area contributed by atoms with Crippen LogP contribution in [0.5, 0.6) is 0 Å². The van der Waals surface area contributed by atoms with Crippen molar-refractivity contribution in [2.75, 3.05) is 46.4 Å². The molecule has 98 valence electrons. The van der Waals surface area contributed by atoms with Crippen LogP contribution in [0.25, 0.3) is 0 Å². The van der Waals surface area contributed by atoms with Gasteiger partial charge in [0.05, 0.1) is 18.1 Å². The molecule has 0 aliphatic carbocycles. The molecule has 0 radical (unpaired) electrons. The van der Waals surface area contributed by atoms with Crippen molar-refractivity contribution >= 4 is 5.91 Å². The first-order chi connectivity index (χ1) is 8.14. The summed E-state index contributed by atoms with van der Waals surface area (Å²) in [6.45, 7) is 7.48. The SMILES string of the molecule is CNC(=O)C1(C)CCN(CC2CNCCO2)C1. The maximum atomic E-state index is 11.8. The van der Waals surface area contributed by atoms with Crippen molar-refractivity contribution in [2.24, 2.45) is 5.41 Å². The predicted molar refractivity (Wildman–Crippen MR) is 65.8 cm³/mol. The van der Waals surface area contributed by atoms with E-state index in [1.165, 1.54) is 0 Å². The average Bonchev–Trinajstić information content (AvgIpc) is 2.72. The number of carbonyl (C=O) groups is 1. The van der Waals surface area contributed by atoms with Crippen molar-refractivity contribution in [1.29, 1.82) is 0 Å². The maximum absolute atomic E-state index is 11.8. The van der Waals surface area contributed by atoms with Crippen LogP contribution in [-0.4, -0.2) is 63.3 Å². The van der Waals surface area contributed by atoms with Crippen molar-refractivity contribution in [3.8, 4) is 0 Å². The Morgan fingerprint density at radius 3 is 3.12 bits per heavy atom. The van der Waals surface area contributed by atoms with Gasteiger partial charge < -0.3 is 15.4 Å². The van der Waals surface area contributed by atoms with Gasteiger partial charge in [-0.1, -0.05) is 0 Å². The lowest BCUT2D eigenvalue weighted by Crippen LogP contribution is -2.46. The molecule has 17 heavy (non-hydrogen) atoms. The van der Waals surface area contributed by atoms with Crippen LogP contribution in [0, 0.1) is 5.41 Å². The highest BCUT2D eigenvalue weighted by atomic mass is 16.5. The molecule has 0 aromatic carbocycles. The second kappa shape index (κ2) is 5.33. The topological polar surface area (TPSA) is 53.6 Å². The maximum Gasteiger partial charge on any atom is 0.227 e. The van der Waals surface area contributed by atoms with Gasteiger partial charge in [-0.3, -0.25) is 9.69 Å². The van der Waals surface area contributed by atoms with Crippen molar-refractivity contribution in [3.63, 3.8) is 0 Å². The molecule has 5 nitrogen and oxygen atoms in total. The van der Waals surface area contributed by atoms with Gasteiger partial charge in [-0.2, -0.15) is 0 Å². The second-order valence-corrected chi connectivity index (χ2v) is 5.32. The number of likely N-dealkylation sites (tertiary alicyclic amines) is 1. The lowest BCUT2D eigenvalue weighted by atomic mass is 9.89. The van der Waals surface area contributed by atoms with Crippen LogP contribution < -0.4 is 10.6 Å². The van der Waals surface area contributed by atoms with Gasteiger partial charge in [-0.25, -0.2) is 0 Å². The summed E-state index contributed by atoms with van der Waals surface area (Å²) in [5, 5.41) is 6.09. The van der Waals surface area contributed by atoms with E-state index >= 15 is 0 Å². The summed E-state index contributed by atoms with van der Waals surface area (Å²) in [5.74, 6) is 0.155. The first-order valence-electron chi connectivity index (χ1n) is 6.41. The Bertz CT molecular complexity index is 279. The molecule has 2 unspecified atom stereocenters. The number of hydrogen-bond acceptors (Lipinski definition) is 4. The van der Waals surface area contributed by atoms with Gasteiger partial charge in [0.25, 0.3) is 0 Å². The zero-order chi connectivity index (χ0) is 12.3. The smallest absolute Gasteiger partial charge is 0.227 e. The van der Waals surface area contributed by atoms with E-state index in [4.69, 9.17) is 4.74 Å². The Morgan fingerprint density at radius 2 is 2.47 bits per heavy atom. The van der Waals surface area contributed by atoms with E-state index in [0.29, 0.717) is 0 Å². The van der Waals surface area contributed by atoms with Crippen LogP contribution in [0.3, 0.4) is 0 Å². The molecule has 0 aromatic rings. The number of nitrogens with one attached hydrogen (secondary N) is 2. The van der Waals surface area contributed by atoms with Crippen molar-refractivity contribution in [2.45, 2.75) is 19.4 Å². The van der Waals surface area contributed by atoms with Crippen LogP contribution in [0.1, 0.15) is 13.3 Å². The summed E-state index contributed by atoms with van der Waals surface area (Å²) in [4.78, 5) is 14.1. The van der Waals surface area contributed by atoms with E-state index in [2.05, 4.69) is 15.5 Å². The average molecular weight is 241 g/mol. The molecular weight excluding hydrogens is 218 g/mol. The Morgan fingerprint density at radius 1 is 1.65 bits per heavy atom. The summed E-state index contributed by atoms with van der Waals surface area (Å²) >= 11 is 0. The fraction of sp³-hybridized carbons (Fsp3) is 0.917. The Kier molecular flexibility index (Phi) is 4.01. The van der Waals surface area contributed by atoms with Crippen LogP contribution in [-0.2, 0) is 9.53 Å². The third-order valence-corrected chi connectivity index (χ3v) is 3.79. The molecule has 1 amide bonds. The summed E-state index contributed by atoms with van der Waals surface area (Å²) < 4.78 is 5.69. The standard InChI is InChI=1S/C12H23N3O2/c1-12(11(16)13-2)3-5-15(9-12)8-10-7-14-4-6-17-10/h10,14H,3-9H2,1-2H3,(H,13,16). The normalized spacial score (nSPS) is 34.8. The molecule has 5 heteroatoms. The van der Waals surface area contributed by atoms with Gasteiger partial charge >= 0.3 is 0 Å². The molecule has 0 saturated carbocycles. The summed E-state index contributed by atoms with van der Waals surface area (Å²) in [5.41, 5.74) is -0.225. The molecule has 2 aliphatic rings. The largest absolute Gasteiger partial charge is 0.374 e. The van der Waals surface area contributed by atoms with E-state index < -0.39 is 0 Å². The molecule has 0 aromatic heterocycles. The van der Waals surface area contributed by atoms with Gasteiger partial charge in [0, 0.05) is 33.2 Å². The van der Waals surface area contributed by atoms with Crippen molar-refractivity contribution in [3.05, 3.63) is 0 Å². The highest BCUT2D eigenvalue weighted by Gasteiger charge is 2.40. The minimum absolute atomic E-state index is 0.155. The lowest BCUT2D eigenvalue weighted by molar-refractivity contribution is -0.129. The summed E-state index contributed by atoms with van der Waals surface area (Å²) in [7, 11) is 1.71. The number of nitrogens with zero attached hydrogens (tertiary/aromatic N) is 1. The van der Waals surface area contributed by atoms with Crippen molar-refractivity contribution in [1.82, 2.24) is 15.5 Å². The molecule has 2 atom stereocenters. The third kappa shape index (κ3) is 2.97. The number of carbonyl (C=O) groups excluding carboxylic acids is 1. The van der Waals surface area contributed by atoms with E-state index in [0.717, 1.165) is 45.8 Å². The number of rotatable bonds is 3. The molecule has 2 rings (SSSR count). The van der Waals surface area contributed by atoms with E-state index in [1.807, 2.05) is 6.92 Å². The van der Waals surface area contributed by atoms with Gasteiger partial charge in [0.1, 0.15) is 0 Å². The van der Waals surface area contributed by atoms with Gasteiger partial charge in [0.2, 0.25) is 5.91 Å². The lowest BCUT2D eigenvalue weighted by Gasteiger charge is -2.29. The molecule has 2 saturated heterocycles. The number of ether oxygens (including phenoxy) is 1. The summed E-state index contributed by atoms with van der Waals surface area (Å²) in [6.07, 6.45) is 1.21. The number of morpholine rings is 1. The quantitative estimate of drug-likeness (QED) is 0.695. The number of amides is 1. The van der Waals surface area contributed by atoms with Gasteiger partial charge in [-0.05, 0) is 19.9 Å². The van der Waals surface area contributed by atoms with Crippen LogP contribution >= 0.6 is 0 Å². The number of hydrogen-bond donors (Lipinski definition) is 2. The molecule has 2 N–H and O–H groups in total. The van der Waals surface area contributed by atoms with Gasteiger partial charge in [-0.15, -0.1) is 0 Å². The van der Waals surface area contributed by atoms with Crippen LogP contribution in [0.4, 0.5) is 0 Å². The minimum Gasteiger partial charge on any atom is -0.374 e. The minimum atomic E-state index is -0.225. The Balaban J connectivity index is 1.82. The van der Waals surface area contributed by atoms with Gasteiger partial charge in [0.15, 0.2) is 0 Å². The molecule has 2 fully saturated rings. The van der Waals surface area contributed by atoms with E-state index in [1.54, 1.807) is 7.05 Å². The Labute approximate surface area is 103 Å². The van der Waals surface area contributed by atoms with Crippen LogP contribution in [0.15, 0.2) is 0 Å². The zero-order valence-electron chi connectivity index (χ0n) is 10.8. The monoisotopic (exact) mass is 241 g/mol. The zero-order valence-corrected chi connectivity index (χ0v) is 10.8. The highest BCUT2D eigenvalue weighted by molar-refractivity contribution is 5.82. The fourth-order valence-corrected chi connectivity index (χ4v) is 2.72. The molecule has 2 heterocycles.